The van der Waals surface area contributed by atoms with Crippen LogP contribution in [0.5, 0.6) is 11.8 Å². The molecule has 1 heterocycles. The van der Waals surface area contributed by atoms with Crippen LogP contribution >= 0.6 is 0 Å². The zero-order chi connectivity index (χ0) is 29.3. The van der Waals surface area contributed by atoms with E-state index in [4.69, 9.17) is 14.6 Å². The van der Waals surface area contributed by atoms with Crippen LogP contribution in [0, 0.1) is 24.7 Å². The van der Waals surface area contributed by atoms with Crippen LogP contribution in [0.3, 0.4) is 0 Å². The number of aromatic nitrogens is 1. The maximum absolute atomic E-state index is 13.1. The molecule has 0 aliphatic heterocycles. The summed E-state index contributed by atoms with van der Waals surface area (Å²) < 4.78 is 11.7. The summed E-state index contributed by atoms with van der Waals surface area (Å²) in [4.78, 5) is 37.3. The van der Waals surface area contributed by atoms with E-state index in [1.807, 2.05) is 32.0 Å². The number of aliphatic hydroxyl groups is 1. The summed E-state index contributed by atoms with van der Waals surface area (Å²) in [5.74, 6) is -5.60. The van der Waals surface area contributed by atoms with Gasteiger partial charge in [-0.3, -0.25) is 19.0 Å². The number of hydrogen-bond acceptors (Lipinski definition) is 8. The summed E-state index contributed by atoms with van der Waals surface area (Å²) in [6.45, 7) is 8.12. The van der Waals surface area contributed by atoms with Gasteiger partial charge in [0.15, 0.2) is 0 Å². The molecule has 39 heavy (non-hydrogen) atoms. The SMILES string of the molecule is CCOC(=O)C(CC(C)C(=O)O)CC(Cc1c(C)c(O)n(-c2c(CC)cccc2CC)c1O)C(=O)OCCO. The van der Waals surface area contributed by atoms with Crippen LogP contribution in [0.4, 0.5) is 0 Å². The van der Waals surface area contributed by atoms with Gasteiger partial charge in [0, 0.05) is 11.1 Å². The van der Waals surface area contributed by atoms with Crippen LogP contribution in [-0.2, 0) is 43.1 Å². The topological polar surface area (TPSA) is 156 Å². The minimum Gasteiger partial charge on any atom is -0.494 e. The third-order valence-electron chi connectivity index (χ3n) is 7.04. The van der Waals surface area contributed by atoms with Gasteiger partial charge in [0.2, 0.25) is 11.8 Å². The lowest BCUT2D eigenvalue weighted by Gasteiger charge is -2.23. The predicted octanol–water partition coefficient (Wildman–Crippen LogP) is 3.70. The Morgan fingerprint density at radius 3 is 2.03 bits per heavy atom. The molecule has 10 nitrogen and oxygen atoms in total. The van der Waals surface area contributed by atoms with E-state index in [0.717, 1.165) is 11.1 Å². The Bertz CT molecular complexity index is 1130. The Hall–Kier alpha value is -3.53. The fourth-order valence-electron chi connectivity index (χ4n) is 4.86. The van der Waals surface area contributed by atoms with E-state index in [1.165, 1.54) is 11.5 Å². The molecular weight excluding hydrogens is 506 g/mol. The smallest absolute Gasteiger partial charge is 0.309 e. The minimum atomic E-state index is -1.08. The number of aryl methyl sites for hydroxylation is 2. The number of carbonyl (C=O) groups is 3. The molecule has 0 amide bonds. The predicted molar refractivity (Wildman–Crippen MR) is 144 cm³/mol. The highest BCUT2D eigenvalue weighted by Gasteiger charge is 2.34. The fraction of sp³-hybridized carbons (Fsp3) is 0.552. The standard InChI is InChI=1S/C29H41NO9/c1-6-19-10-9-11-20(7-2)24(19)30-25(32)18(5)23(26(30)33)16-22(29(37)39-13-12-31)15-21(28(36)38-8-3)14-17(4)27(34)35/h9-11,17,21-22,31-33H,6-8,12-16H2,1-5H3,(H,34,35). The van der Waals surface area contributed by atoms with Crippen LogP contribution in [0.25, 0.3) is 5.69 Å². The van der Waals surface area contributed by atoms with E-state index >= 15 is 0 Å². The van der Waals surface area contributed by atoms with Crippen molar-refractivity contribution in [3.63, 3.8) is 0 Å². The molecule has 0 spiro atoms. The molecule has 1 aromatic heterocycles. The molecule has 10 heteroatoms. The first kappa shape index (κ1) is 31.7. The first-order valence-corrected chi connectivity index (χ1v) is 13.4. The molecule has 3 unspecified atom stereocenters. The Morgan fingerprint density at radius 1 is 0.923 bits per heavy atom. The third-order valence-corrected chi connectivity index (χ3v) is 7.04. The van der Waals surface area contributed by atoms with Crippen molar-refractivity contribution in [2.45, 2.75) is 66.7 Å². The van der Waals surface area contributed by atoms with Crippen molar-refractivity contribution >= 4 is 17.9 Å². The van der Waals surface area contributed by atoms with Crippen LogP contribution in [0.15, 0.2) is 18.2 Å². The van der Waals surface area contributed by atoms with Gasteiger partial charge >= 0.3 is 17.9 Å². The zero-order valence-corrected chi connectivity index (χ0v) is 23.4. The highest BCUT2D eigenvalue weighted by atomic mass is 16.5. The quantitative estimate of drug-likeness (QED) is 0.244. The van der Waals surface area contributed by atoms with Crippen LogP contribution in [-0.4, -0.2) is 62.7 Å². The summed E-state index contributed by atoms with van der Waals surface area (Å²) in [5, 5.41) is 41.1. The molecule has 2 rings (SSSR count). The zero-order valence-electron chi connectivity index (χ0n) is 23.4. The molecular formula is C29H41NO9. The lowest BCUT2D eigenvalue weighted by atomic mass is 9.84. The fourth-order valence-corrected chi connectivity index (χ4v) is 4.86. The average molecular weight is 548 g/mol. The van der Waals surface area contributed by atoms with Crippen molar-refractivity contribution in [2.75, 3.05) is 19.8 Å². The molecule has 2 aromatic rings. The van der Waals surface area contributed by atoms with Gasteiger partial charge in [0.1, 0.15) is 6.61 Å². The number of aliphatic hydroxyl groups excluding tert-OH is 1. The molecule has 0 aliphatic rings. The molecule has 216 valence electrons. The van der Waals surface area contributed by atoms with Gasteiger partial charge in [0.05, 0.1) is 36.7 Å². The van der Waals surface area contributed by atoms with Gasteiger partial charge in [-0.15, -0.1) is 0 Å². The number of benzene rings is 1. The van der Waals surface area contributed by atoms with Crippen molar-refractivity contribution in [3.05, 3.63) is 40.5 Å². The second-order valence-electron chi connectivity index (χ2n) is 9.67. The highest BCUT2D eigenvalue weighted by Crippen LogP contribution is 2.41. The van der Waals surface area contributed by atoms with Gasteiger partial charge < -0.3 is 29.9 Å². The largest absolute Gasteiger partial charge is 0.494 e. The Kier molecular flexibility index (Phi) is 11.8. The summed E-state index contributed by atoms with van der Waals surface area (Å²) in [7, 11) is 0. The normalized spacial score (nSPS) is 13.5. The van der Waals surface area contributed by atoms with Crippen molar-refractivity contribution in [2.24, 2.45) is 17.8 Å². The molecule has 1 aromatic carbocycles. The maximum atomic E-state index is 13.1. The minimum absolute atomic E-state index is 0.0566. The lowest BCUT2D eigenvalue weighted by Crippen LogP contribution is -2.30. The Morgan fingerprint density at radius 2 is 1.51 bits per heavy atom. The van der Waals surface area contributed by atoms with E-state index in [2.05, 4.69) is 0 Å². The van der Waals surface area contributed by atoms with Gasteiger partial charge in [-0.1, -0.05) is 39.0 Å². The monoisotopic (exact) mass is 547 g/mol. The summed E-state index contributed by atoms with van der Waals surface area (Å²) in [6.07, 6.45) is 1.08. The number of carboxylic acid groups (broad SMARTS) is 1. The molecule has 3 atom stereocenters. The first-order valence-electron chi connectivity index (χ1n) is 13.4. The van der Waals surface area contributed by atoms with E-state index in [-0.39, 0.29) is 44.2 Å². The lowest BCUT2D eigenvalue weighted by molar-refractivity contribution is -0.154. The van der Waals surface area contributed by atoms with E-state index < -0.39 is 42.3 Å². The molecule has 0 fully saturated rings. The first-order chi connectivity index (χ1) is 18.5. The van der Waals surface area contributed by atoms with Crippen molar-refractivity contribution in [3.8, 4) is 17.4 Å². The summed E-state index contributed by atoms with van der Waals surface area (Å²) in [5.41, 5.74) is 3.19. The number of esters is 2. The number of aromatic hydroxyl groups is 2. The number of carbonyl (C=O) groups excluding carboxylic acids is 2. The van der Waals surface area contributed by atoms with Crippen molar-refractivity contribution in [1.29, 1.82) is 0 Å². The van der Waals surface area contributed by atoms with Gasteiger partial charge in [-0.25, -0.2) is 0 Å². The maximum Gasteiger partial charge on any atom is 0.309 e. The number of aliphatic carboxylic acids is 1. The van der Waals surface area contributed by atoms with E-state index in [1.54, 1.807) is 13.8 Å². The van der Waals surface area contributed by atoms with Crippen LogP contribution < -0.4 is 0 Å². The Labute approximate surface area is 229 Å². The van der Waals surface area contributed by atoms with E-state index in [0.29, 0.717) is 29.7 Å². The summed E-state index contributed by atoms with van der Waals surface area (Å²) >= 11 is 0. The average Bonchev–Trinajstić information content (AvgIpc) is 3.12. The highest BCUT2D eigenvalue weighted by molar-refractivity contribution is 5.77. The van der Waals surface area contributed by atoms with Gasteiger partial charge in [0.25, 0.3) is 0 Å². The molecule has 0 saturated carbocycles. The summed E-state index contributed by atoms with van der Waals surface area (Å²) in [6, 6.07) is 5.77. The Balaban J connectivity index is 2.57. The number of para-hydroxylation sites is 1. The molecule has 0 aliphatic carbocycles. The van der Waals surface area contributed by atoms with Crippen molar-refractivity contribution < 1.29 is 44.3 Å². The number of rotatable bonds is 15. The van der Waals surface area contributed by atoms with Crippen LogP contribution in [0.2, 0.25) is 0 Å². The van der Waals surface area contributed by atoms with Crippen LogP contribution in [0.1, 0.15) is 62.8 Å². The van der Waals surface area contributed by atoms with Gasteiger partial charge in [-0.05, 0) is 57.1 Å². The third kappa shape index (κ3) is 7.53. The number of nitrogens with zero attached hydrogens (tertiary/aromatic N) is 1. The molecule has 4 N–H and O–H groups in total. The second-order valence-corrected chi connectivity index (χ2v) is 9.67. The van der Waals surface area contributed by atoms with Gasteiger partial charge in [-0.2, -0.15) is 0 Å². The molecule has 0 radical (unpaired) electrons. The molecule has 0 bridgehead atoms. The molecule has 0 saturated heterocycles. The number of carboxylic acids is 1. The van der Waals surface area contributed by atoms with E-state index in [9.17, 15) is 29.7 Å². The second kappa shape index (κ2) is 14.6. The number of hydrogen-bond donors (Lipinski definition) is 4. The van der Waals surface area contributed by atoms with Crippen molar-refractivity contribution in [1.82, 2.24) is 4.57 Å². The number of ether oxygens (including phenoxy) is 2.